The maximum absolute atomic E-state index is 13.0. The Hall–Kier alpha value is -3.26. The fourth-order valence-electron chi connectivity index (χ4n) is 3.88. The molecule has 4 aromatic rings. The molecule has 0 saturated carbocycles. The molecule has 1 N–H and O–H groups in total. The van der Waals surface area contributed by atoms with E-state index in [9.17, 15) is 9.59 Å². The topological polar surface area (TPSA) is 81.8 Å². The van der Waals surface area contributed by atoms with Crippen LogP contribution in [0.25, 0.3) is 15.9 Å². The van der Waals surface area contributed by atoms with Gasteiger partial charge in [0.1, 0.15) is 4.83 Å². The minimum Gasteiger partial charge on any atom is -0.309 e. The van der Waals surface area contributed by atoms with E-state index in [1.807, 2.05) is 30.3 Å². The fourth-order valence-corrected chi connectivity index (χ4v) is 5.10. The van der Waals surface area contributed by atoms with Crippen LogP contribution in [0.5, 0.6) is 0 Å². The second-order valence-electron chi connectivity index (χ2n) is 7.41. The van der Waals surface area contributed by atoms with E-state index in [0.29, 0.717) is 5.82 Å². The molecule has 0 radical (unpaired) electrons. The van der Waals surface area contributed by atoms with E-state index in [1.54, 1.807) is 39.2 Å². The lowest BCUT2D eigenvalue weighted by atomic mass is 9.97. The lowest BCUT2D eigenvalue weighted by Gasteiger charge is -2.10. The van der Waals surface area contributed by atoms with Crippen LogP contribution in [0.1, 0.15) is 29.7 Å². The first-order chi connectivity index (χ1) is 14.7. The SMILES string of the molecule is O=C(CCn1cnc2sc3c(c2c1=O)CCCC3)Nc1ccn(-c2ccccc2)n1. The van der Waals surface area contributed by atoms with E-state index < -0.39 is 0 Å². The molecule has 7 nitrogen and oxygen atoms in total. The molecular formula is C22H21N5O2S. The molecule has 0 fully saturated rings. The molecule has 1 aliphatic rings. The van der Waals surface area contributed by atoms with Crippen LogP contribution < -0.4 is 10.9 Å². The van der Waals surface area contributed by atoms with Crippen LogP contribution in [0.3, 0.4) is 0 Å². The number of thiophene rings is 1. The van der Waals surface area contributed by atoms with Crippen molar-refractivity contribution in [2.45, 2.75) is 38.6 Å². The average Bonchev–Trinajstić information content (AvgIpc) is 3.38. The number of benzene rings is 1. The van der Waals surface area contributed by atoms with Crippen LogP contribution in [-0.4, -0.2) is 25.2 Å². The summed E-state index contributed by atoms with van der Waals surface area (Å²) in [7, 11) is 0. The van der Waals surface area contributed by atoms with Gasteiger partial charge >= 0.3 is 0 Å². The summed E-state index contributed by atoms with van der Waals surface area (Å²) >= 11 is 1.63. The highest BCUT2D eigenvalue weighted by Gasteiger charge is 2.20. The molecule has 1 amide bonds. The lowest BCUT2D eigenvalue weighted by molar-refractivity contribution is -0.116. The summed E-state index contributed by atoms with van der Waals surface area (Å²) in [5.41, 5.74) is 2.05. The first-order valence-corrected chi connectivity index (χ1v) is 10.9. The number of aryl methyl sites for hydroxylation is 3. The van der Waals surface area contributed by atoms with Crippen LogP contribution in [0.4, 0.5) is 5.82 Å². The van der Waals surface area contributed by atoms with E-state index >= 15 is 0 Å². The second kappa shape index (κ2) is 7.87. The number of anilines is 1. The van der Waals surface area contributed by atoms with Gasteiger partial charge in [-0.2, -0.15) is 5.10 Å². The maximum atomic E-state index is 13.0. The van der Waals surface area contributed by atoms with E-state index in [4.69, 9.17) is 0 Å². The molecule has 3 heterocycles. The Kier molecular flexibility index (Phi) is 4.92. The summed E-state index contributed by atoms with van der Waals surface area (Å²) < 4.78 is 3.25. The molecular weight excluding hydrogens is 398 g/mol. The molecule has 0 bridgehead atoms. The Balaban J connectivity index is 1.28. The lowest BCUT2D eigenvalue weighted by Crippen LogP contribution is -2.24. The number of nitrogens with zero attached hydrogens (tertiary/aromatic N) is 4. The van der Waals surface area contributed by atoms with Crippen molar-refractivity contribution in [1.29, 1.82) is 0 Å². The summed E-state index contributed by atoms with van der Waals surface area (Å²) in [6.45, 7) is 0.289. The van der Waals surface area contributed by atoms with Crippen molar-refractivity contribution in [3.63, 3.8) is 0 Å². The number of hydrogen-bond acceptors (Lipinski definition) is 5. The van der Waals surface area contributed by atoms with Gasteiger partial charge < -0.3 is 5.32 Å². The van der Waals surface area contributed by atoms with Crippen molar-refractivity contribution in [2.75, 3.05) is 5.32 Å². The zero-order valence-corrected chi connectivity index (χ0v) is 17.2. The Morgan fingerprint density at radius 1 is 1.13 bits per heavy atom. The highest BCUT2D eigenvalue weighted by Crippen LogP contribution is 2.33. The number of nitrogens with one attached hydrogen (secondary N) is 1. The molecule has 0 atom stereocenters. The third-order valence-electron chi connectivity index (χ3n) is 5.40. The minimum absolute atomic E-state index is 0.0412. The molecule has 0 spiro atoms. The van der Waals surface area contributed by atoms with Crippen molar-refractivity contribution in [3.8, 4) is 5.69 Å². The molecule has 3 aromatic heterocycles. The fraction of sp³-hybridized carbons (Fsp3) is 0.273. The number of hydrogen-bond donors (Lipinski definition) is 1. The molecule has 8 heteroatoms. The van der Waals surface area contributed by atoms with Gasteiger partial charge in [-0.05, 0) is 43.4 Å². The number of para-hydroxylation sites is 1. The van der Waals surface area contributed by atoms with Crippen LogP contribution in [-0.2, 0) is 24.2 Å². The van der Waals surface area contributed by atoms with Crippen molar-refractivity contribution in [1.82, 2.24) is 19.3 Å². The normalized spacial score (nSPS) is 13.3. The second-order valence-corrected chi connectivity index (χ2v) is 8.50. The number of carbonyl (C=O) groups excluding carboxylic acids is 1. The molecule has 1 aromatic carbocycles. The summed E-state index contributed by atoms with van der Waals surface area (Å²) in [4.78, 5) is 32.0. The largest absolute Gasteiger partial charge is 0.309 e. The van der Waals surface area contributed by atoms with Gasteiger partial charge in [-0.25, -0.2) is 9.67 Å². The number of aromatic nitrogens is 4. The van der Waals surface area contributed by atoms with Crippen molar-refractivity contribution in [2.24, 2.45) is 0 Å². The van der Waals surface area contributed by atoms with Crippen molar-refractivity contribution in [3.05, 3.63) is 69.7 Å². The Morgan fingerprint density at radius 3 is 2.83 bits per heavy atom. The third-order valence-corrected chi connectivity index (χ3v) is 6.60. The molecule has 5 rings (SSSR count). The molecule has 0 saturated heterocycles. The van der Waals surface area contributed by atoms with Gasteiger partial charge in [0.2, 0.25) is 5.91 Å². The predicted octanol–water partition coefficient (Wildman–Crippen LogP) is 3.55. The quantitative estimate of drug-likeness (QED) is 0.536. The highest BCUT2D eigenvalue weighted by molar-refractivity contribution is 7.18. The Bertz CT molecular complexity index is 1270. The van der Waals surface area contributed by atoms with Gasteiger partial charge in [0.25, 0.3) is 5.56 Å². The first kappa shape index (κ1) is 18.7. The van der Waals surface area contributed by atoms with Gasteiger partial charge in [0, 0.05) is 30.1 Å². The molecule has 0 aliphatic heterocycles. The van der Waals surface area contributed by atoms with Crippen LogP contribution in [0, 0.1) is 0 Å². The summed E-state index contributed by atoms with van der Waals surface area (Å²) in [5.74, 6) is 0.296. The number of rotatable bonds is 5. The zero-order chi connectivity index (χ0) is 20.5. The molecule has 0 unspecified atom stereocenters. The van der Waals surface area contributed by atoms with Crippen LogP contribution >= 0.6 is 11.3 Å². The smallest absolute Gasteiger partial charge is 0.262 e. The zero-order valence-electron chi connectivity index (χ0n) is 16.4. The van der Waals surface area contributed by atoms with Crippen molar-refractivity contribution >= 4 is 33.3 Å². The van der Waals surface area contributed by atoms with Gasteiger partial charge in [-0.3, -0.25) is 14.2 Å². The van der Waals surface area contributed by atoms with E-state index in [2.05, 4.69) is 15.4 Å². The molecule has 1 aliphatic carbocycles. The Morgan fingerprint density at radius 2 is 1.97 bits per heavy atom. The van der Waals surface area contributed by atoms with Crippen LogP contribution in [0.2, 0.25) is 0 Å². The number of carbonyl (C=O) groups is 1. The van der Waals surface area contributed by atoms with E-state index in [1.165, 1.54) is 16.9 Å². The van der Waals surface area contributed by atoms with Gasteiger partial charge in [-0.15, -0.1) is 11.3 Å². The highest BCUT2D eigenvalue weighted by atomic mass is 32.1. The van der Waals surface area contributed by atoms with Gasteiger partial charge in [-0.1, -0.05) is 18.2 Å². The summed E-state index contributed by atoms with van der Waals surface area (Å²) in [6, 6.07) is 11.4. The summed E-state index contributed by atoms with van der Waals surface area (Å²) in [5, 5.41) is 7.93. The third kappa shape index (κ3) is 3.54. The van der Waals surface area contributed by atoms with E-state index in [0.717, 1.165) is 35.2 Å². The Labute approximate surface area is 177 Å². The van der Waals surface area contributed by atoms with Crippen molar-refractivity contribution < 1.29 is 4.79 Å². The van der Waals surface area contributed by atoms with Gasteiger partial charge in [0.05, 0.1) is 17.4 Å². The maximum Gasteiger partial charge on any atom is 0.262 e. The molecule has 30 heavy (non-hydrogen) atoms. The predicted molar refractivity (Wildman–Crippen MR) is 117 cm³/mol. The average molecular weight is 420 g/mol. The van der Waals surface area contributed by atoms with E-state index in [-0.39, 0.29) is 24.4 Å². The number of fused-ring (bicyclic) bond motifs is 3. The molecule has 152 valence electrons. The minimum atomic E-state index is -0.187. The number of amides is 1. The van der Waals surface area contributed by atoms with Crippen LogP contribution in [0.15, 0.2) is 53.7 Å². The monoisotopic (exact) mass is 419 g/mol. The first-order valence-electron chi connectivity index (χ1n) is 10.1. The van der Waals surface area contributed by atoms with Gasteiger partial charge in [0.15, 0.2) is 5.82 Å². The standard InChI is InChI=1S/C22H21N5O2S/c28-19(24-18-10-13-27(25-18)15-6-2-1-3-7-15)11-12-26-14-23-21-20(22(26)29)16-8-4-5-9-17(16)30-21/h1-3,6-7,10,13-14H,4-5,8-9,11-12H2,(H,24,25,28). The summed E-state index contributed by atoms with van der Waals surface area (Å²) in [6.07, 6.45) is 7.81.